The van der Waals surface area contributed by atoms with Crippen molar-refractivity contribution in [2.24, 2.45) is 18.4 Å². The standard InChI is InChI=1S/C33H43N3O7/c1-32(2,3)24(29(38)39)18-25(35-31(41)43-33(4,5)6)28(37)34-26(30(40)42-20-21-13-9-8-10-14-21)17-22-19-36(7)27-16-12-11-15-23(22)27/h8-16,19,24-26H,17-18,20H2,1-7H3,(H,34,37)(H,35,41)(H,38,39)/t24-,25?,26-/m1/s1. The van der Waals surface area contributed by atoms with E-state index in [1.54, 1.807) is 41.5 Å². The summed E-state index contributed by atoms with van der Waals surface area (Å²) < 4.78 is 12.9. The molecule has 3 atom stereocenters. The second-order valence-corrected chi connectivity index (χ2v) is 12.8. The van der Waals surface area contributed by atoms with Crippen LogP contribution >= 0.6 is 0 Å². The number of hydrogen-bond donors (Lipinski definition) is 3. The lowest BCUT2D eigenvalue weighted by Gasteiger charge is -2.31. The molecule has 3 N–H and O–H groups in total. The first kappa shape index (κ1) is 33.2. The number of amides is 2. The van der Waals surface area contributed by atoms with Gasteiger partial charge < -0.3 is 29.8 Å². The lowest BCUT2D eigenvalue weighted by molar-refractivity contribution is -0.150. The van der Waals surface area contributed by atoms with E-state index in [9.17, 15) is 24.3 Å². The number of esters is 1. The largest absolute Gasteiger partial charge is 0.481 e. The van der Waals surface area contributed by atoms with E-state index in [-0.39, 0.29) is 19.4 Å². The van der Waals surface area contributed by atoms with Gasteiger partial charge in [-0.05, 0) is 49.8 Å². The smallest absolute Gasteiger partial charge is 0.408 e. The zero-order valence-electron chi connectivity index (χ0n) is 26.0. The molecular weight excluding hydrogens is 550 g/mol. The van der Waals surface area contributed by atoms with Crippen LogP contribution in [0.5, 0.6) is 0 Å². The average Bonchev–Trinajstić information content (AvgIpc) is 3.22. The number of benzene rings is 2. The van der Waals surface area contributed by atoms with Gasteiger partial charge in [0.2, 0.25) is 5.91 Å². The number of carboxylic acids is 1. The molecule has 0 aliphatic carbocycles. The molecule has 0 bridgehead atoms. The summed E-state index contributed by atoms with van der Waals surface area (Å²) in [4.78, 5) is 52.2. The van der Waals surface area contributed by atoms with E-state index < -0.39 is 53.0 Å². The molecule has 2 aromatic carbocycles. The first-order chi connectivity index (χ1) is 20.0. The van der Waals surface area contributed by atoms with Crippen molar-refractivity contribution in [3.05, 3.63) is 71.9 Å². The van der Waals surface area contributed by atoms with E-state index in [1.165, 1.54) is 0 Å². The highest BCUT2D eigenvalue weighted by Crippen LogP contribution is 2.30. The minimum Gasteiger partial charge on any atom is -0.481 e. The van der Waals surface area contributed by atoms with Gasteiger partial charge in [0.05, 0.1) is 5.92 Å². The van der Waals surface area contributed by atoms with Gasteiger partial charge in [-0.2, -0.15) is 0 Å². The van der Waals surface area contributed by atoms with Gasteiger partial charge in [-0.25, -0.2) is 9.59 Å². The van der Waals surface area contributed by atoms with Crippen LogP contribution in [0, 0.1) is 11.3 Å². The van der Waals surface area contributed by atoms with Crippen LogP contribution < -0.4 is 10.6 Å². The number of nitrogens with zero attached hydrogens (tertiary/aromatic N) is 1. The Bertz CT molecular complexity index is 1430. The second kappa shape index (κ2) is 13.8. The van der Waals surface area contributed by atoms with Gasteiger partial charge in [0.1, 0.15) is 24.3 Å². The van der Waals surface area contributed by atoms with E-state index in [2.05, 4.69) is 10.6 Å². The van der Waals surface area contributed by atoms with Gasteiger partial charge in [-0.3, -0.25) is 9.59 Å². The third-order valence-corrected chi connectivity index (χ3v) is 7.05. The Morgan fingerprint density at radius 3 is 2.12 bits per heavy atom. The maximum absolute atomic E-state index is 13.8. The van der Waals surface area contributed by atoms with Crippen molar-refractivity contribution in [1.29, 1.82) is 0 Å². The van der Waals surface area contributed by atoms with Gasteiger partial charge in [-0.15, -0.1) is 0 Å². The number of aliphatic carboxylic acids is 1. The molecule has 1 heterocycles. The van der Waals surface area contributed by atoms with Crippen LogP contribution in [0.1, 0.15) is 59.1 Å². The number of rotatable bonds is 11. The van der Waals surface area contributed by atoms with Gasteiger partial charge in [-0.1, -0.05) is 69.3 Å². The topological polar surface area (TPSA) is 136 Å². The Morgan fingerprint density at radius 2 is 1.51 bits per heavy atom. The number of aryl methyl sites for hydroxylation is 1. The summed E-state index contributed by atoms with van der Waals surface area (Å²) >= 11 is 0. The fraction of sp³-hybridized carbons (Fsp3) is 0.455. The maximum Gasteiger partial charge on any atom is 0.408 e. The molecule has 0 saturated heterocycles. The Labute approximate surface area is 252 Å². The van der Waals surface area contributed by atoms with Gasteiger partial charge in [0.25, 0.3) is 0 Å². The van der Waals surface area contributed by atoms with Crippen molar-refractivity contribution in [1.82, 2.24) is 15.2 Å². The van der Waals surface area contributed by atoms with E-state index in [0.717, 1.165) is 22.0 Å². The number of aromatic nitrogens is 1. The van der Waals surface area contributed by atoms with E-state index >= 15 is 0 Å². The van der Waals surface area contributed by atoms with Crippen molar-refractivity contribution >= 4 is 34.8 Å². The molecule has 0 fully saturated rings. The third kappa shape index (κ3) is 9.59. The van der Waals surface area contributed by atoms with Crippen LogP contribution in [-0.4, -0.2) is 51.3 Å². The number of carbonyl (C=O) groups is 4. The summed E-state index contributed by atoms with van der Waals surface area (Å²) in [5.41, 5.74) is 0.982. The Hall–Kier alpha value is -4.34. The molecule has 0 aliphatic rings. The normalized spacial score (nSPS) is 13.9. The molecule has 0 radical (unpaired) electrons. The Kier molecular flexibility index (Phi) is 10.6. The Morgan fingerprint density at radius 1 is 0.884 bits per heavy atom. The van der Waals surface area contributed by atoms with Crippen molar-refractivity contribution in [3.63, 3.8) is 0 Å². The van der Waals surface area contributed by atoms with Gasteiger partial charge in [0, 0.05) is 30.6 Å². The van der Waals surface area contributed by atoms with Crippen LogP contribution in [-0.2, 0) is 43.9 Å². The first-order valence-corrected chi connectivity index (χ1v) is 14.3. The summed E-state index contributed by atoms with van der Waals surface area (Å²) in [6.07, 6.45) is 0.916. The number of alkyl carbamates (subject to hydrolysis) is 1. The fourth-order valence-electron chi connectivity index (χ4n) is 4.84. The SMILES string of the molecule is Cn1cc(C[C@@H](NC(=O)C(C[C@H](C(=O)O)C(C)(C)C)NC(=O)OC(C)(C)C)C(=O)OCc2ccccc2)c2ccccc21. The maximum atomic E-state index is 13.8. The molecule has 43 heavy (non-hydrogen) atoms. The predicted octanol–water partition coefficient (Wildman–Crippen LogP) is 4.98. The highest BCUT2D eigenvalue weighted by molar-refractivity contribution is 5.91. The highest BCUT2D eigenvalue weighted by atomic mass is 16.6. The molecule has 10 nitrogen and oxygen atoms in total. The van der Waals surface area contributed by atoms with Crippen LogP contribution in [0.15, 0.2) is 60.8 Å². The summed E-state index contributed by atoms with van der Waals surface area (Å²) in [5, 5.41) is 16.2. The lowest BCUT2D eigenvalue weighted by Crippen LogP contribution is -2.54. The molecule has 3 rings (SSSR count). The monoisotopic (exact) mass is 593 g/mol. The summed E-state index contributed by atoms with van der Waals surface area (Å²) in [6, 6.07) is 14.5. The molecule has 3 aromatic rings. The molecular formula is C33H43N3O7. The molecule has 1 aromatic heterocycles. The number of carbonyl (C=O) groups excluding carboxylic acids is 3. The van der Waals surface area contributed by atoms with E-state index in [4.69, 9.17) is 9.47 Å². The zero-order chi connectivity index (χ0) is 31.9. The number of para-hydroxylation sites is 1. The van der Waals surface area contributed by atoms with Crippen LogP contribution in [0.25, 0.3) is 10.9 Å². The minimum atomic E-state index is -1.30. The van der Waals surface area contributed by atoms with Crippen molar-refractivity contribution in [2.75, 3.05) is 0 Å². The molecule has 2 amide bonds. The van der Waals surface area contributed by atoms with Crippen LogP contribution in [0.4, 0.5) is 4.79 Å². The average molecular weight is 594 g/mol. The molecule has 0 spiro atoms. The van der Waals surface area contributed by atoms with Gasteiger partial charge in [0.15, 0.2) is 0 Å². The van der Waals surface area contributed by atoms with Crippen molar-refractivity contribution in [2.45, 2.75) is 78.7 Å². The zero-order valence-corrected chi connectivity index (χ0v) is 26.0. The number of hydrogen-bond acceptors (Lipinski definition) is 6. The Balaban J connectivity index is 1.92. The first-order valence-electron chi connectivity index (χ1n) is 14.3. The highest BCUT2D eigenvalue weighted by Gasteiger charge is 2.38. The van der Waals surface area contributed by atoms with E-state index in [0.29, 0.717) is 0 Å². The number of carboxylic acid groups (broad SMARTS) is 1. The summed E-state index contributed by atoms with van der Waals surface area (Å²) in [6.45, 7) is 10.3. The molecule has 232 valence electrons. The van der Waals surface area contributed by atoms with Crippen molar-refractivity contribution < 1.29 is 33.8 Å². The molecule has 1 unspecified atom stereocenters. The fourth-order valence-corrected chi connectivity index (χ4v) is 4.84. The lowest BCUT2D eigenvalue weighted by atomic mass is 9.77. The minimum absolute atomic E-state index is 0.00623. The second-order valence-electron chi connectivity index (χ2n) is 12.8. The third-order valence-electron chi connectivity index (χ3n) is 7.05. The van der Waals surface area contributed by atoms with Gasteiger partial charge >= 0.3 is 18.0 Å². The summed E-state index contributed by atoms with van der Waals surface area (Å²) in [5.74, 6) is -3.47. The summed E-state index contributed by atoms with van der Waals surface area (Å²) in [7, 11) is 1.90. The van der Waals surface area contributed by atoms with Crippen LogP contribution in [0.2, 0.25) is 0 Å². The van der Waals surface area contributed by atoms with Crippen LogP contribution in [0.3, 0.4) is 0 Å². The number of fused-ring (bicyclic) bond motifs is 1. The number of ether oxygens (including phenoxy) is 2. The predicted molar refractivity (Wildman–Crippen MR) is 163 cm³/mol. The number of nitrogens with one attached hydrogen (secondary N) is 2. The van der Waals surface area contributed by atoms with E-state index in [1.807, 2.05) is 72.4 Å². The molecule has 10 heteroatoms. The quantitative estimate of drug-likeness (QED) is 0.267. The molecule has 0 saturated carbocycles. The molecule has 0 aliphatic heterocycles. The van der Waals surface area contributed by atoms with Crippen molar-refractivity contribution in [3.8, 4) is 0 Å².